The molecule has 1 N–H and O–H groups in total. The third-order valence-corrected chi connectivity index (χ3v) is 5.27. The van der Waals surface area contributed by atoms with Gasteiger partial charge >= 0.3 is 5.97 Å². The Morgan fingerprint density at radius 2 is 1.77 bits per heavy atom. The van der Waals surface area contributed by atoms with Crippen LogP contribution in [0.1, 0.15) is 81.4 Å². The first kappa shape index (κ1) is 23.6. The van der Waals surface area contributed by atoms with Crippen molar-refractivity contribution in [3.63, 3.8) is 0 Å². The minimum atomic E-state index is -0.422. The molecule has 2 rings (SSSR count). The maximum Gasteiger partial charge on any atom is 0.358 e. The molecule has 0 fully saturated rings. The van der Waals surface area contributed by atoms with Crippen LogP contribution in [0.15, 0.2) is 30.3 Å². The smallest absolute Gasteiger partial charge is 0.358 e. The molecule has 0 aliphatic rings. The van der Waals surface area contributed by atoms with Crippen LogP contribution in [0, 0.1) is 11.3 Å². The molecule has 0 aliphatic carbocycles. The van der Waals surface area contributed by atoms with E-state index in [1.807, 2.05) is 19.1 Å². The maximum atomic E-state index is 12.6. The molecule has 2 aromatic rings. The Hall–Kier alpha value is -2.63. The lowest BCUT2D eigenvalue weighted by Crippen LogP contribution is -2.41. The van der Waals surface area contributed by atoms with Crippen molar-refractivity contribution >= 4 is 11.9 Å². The number of carbonyl (C=O) groups excluding carboxylic acids is 2. The Labute approximate surface area is 180 Å². The van der Waals surface area contributed by atoms with Gasteiger partial charge in [-0.2, -0.15) is 5.10 Å². The highest BCUT2D eigenvalue weighted by molar-refractivity contribution is 5.94. The summed E-state index contributed by atoms with van der Waals surface area (Å²) in [7, 11) is 0. The number of aromatic nitrogens is 2. The average Bonchev–Trinajstić information content (AvgIpc) is 3.10. The van der Waals surface area contributed by atoms with Gasteiger partial charge in [-0.15, -0.1) is 0 Å². The molecule has 1 aromatic carbocycles. The van der Waals surface area contributed by atoms with Crippen molar-refractivity contribution in [2.24, 2.45) is 11.3 Å². The second kappa shape index (κ2) is 9.92. The molecule has 0 aliphatic heterocycles. The molecule has 1 heterocycles. The number of rotatable bonds is 8. The lowest BCUT2D eigenvalue weighted by atomic mass is 9.88. The SMILES string of the molecule is CCOC(=O)c1cc(CCC(C)C)n(-c2ccc(C(=O)N[C@@H](C)C(C)(C)C)cc2)n1. The largest absolute Gasteiger partial charge is 0.461 e. The van der Waals surface area contributed by atoms with Gasteiger partial charge in [-0.25, -0.2) is 9.48 Å². The molecule has 6 nitrogen and oxygen atoms in total. The highest BCUT2D eigenvalue weighted by Gasteiger charge is 2.22. The molecule has 164 valence electrons. The summed E-state index contributed by atoms with van der Waals surface area (Å²) >= 11 is 0. The minimum Gasteiger partial charge on any atom is -0.461 e. The number of amides is 1. The quantitative estimate of drug-likeness (QED) is 0.631. The molecule has 30 heavy (non-hydrogen) atoms. The van der Waals surface area contributed by atoms with E-state index in [4.69, 9.17) is 4.74 Å². The van der Waals surface area contributed by atoms with Gasteiger partial charge in [0.05, 0.1) is 12.3 Å². The van der Waals surface area contributed by atoms with Crippen molar-refractivity contribution in [2.45, 2.75) is 67.3 Å². The van der Waals surface area contributed by atoms with Gasteiger partial charge in [0, 0.05) is 17.3 Å². The topological polar surface area (TPSA) is 73.2 Å². The van der Waals surface area contributed by atoms with Crippen molar-refractivity contribution < 1.29 is 14.3 Å². The van der Waals surface area contributed by atoms with Gasteiger partial charge in [-0.05, 0) is 68.4 Å². The Morgan fingerprint density at radius 3 is 2.30 bits per heavy atom. The molecule has 1 atom stereocenters. The number of aryl methyl sites for hydroxylation is 1. The van der Waals surface area contributed by atoms with Gasteiger partial charge < -0.3 is 10.1 Å². The van der Waals surface area contributed by atoms with Gasteiger partial charge in [0.15, 0.2) is 5.69 Å². The summed E-state index contributed by atoms with van der Waals surface area (Å²) in [5, 5.41) is 7.52. The van der Waals surface area contributed by atoms with Crippen LogP contribution in [0.4, 0.5) is 0 Å². The van der Waals surface area contributed by atoms with Crippen LogP contribution in [0.3, 0.4) is 0 Å². The second-order valence-corrected chi connectivity index (χ2v) is 9.19. The molecule has 1 aromatic heterocycles. The van der Waals surface area contributed by atoms with E-state index >= 15 is 0 Å². The highest BCUT2D eigenvalue weighted by atomic mass is 16.5. The van der Waals surface area contributed by atoms with E-state index in [0.29, 0.717) is 23.8 Å². The van der Waals surface area contributed by atoms with Crippen LogP contribution >= 0.6 is 0 Å². The zero-order valence-electron chi connectivity index (χ0n) is 19.3. The van der Waals surface area contributed by atoms with E-state index in [9.17, 15) is 9.59 Å². The fourth-order valence-electron chi connectivity index (χ4n) is 2.81. The van der Waals surface area contributed by atoms with Gasteiger partial charge in [-0.1, -0.05) is 34.6 Å². The number of carbonyl (C=O) groups is 2. The van der Waals surface area contributed by atoms with Gasteiger partial charge in [-0.3, -0.25) is 4.79 Å². The van der Waals surface area contributed by atoms with Crippen LogP contribution in [-0.2, 0) is 11.2 Å². The normalized spacial score (nSPS) is 12.7. The van der Waals surface area contributed by atoms with E-state index in [-0.39, 0.29) is 17.4 Å². The molecule has 0 unspecified atom stereocenters. The van der Waals surface area contributed by atoms with Crippen molar-refractivity contribution in [1.29, 1.82) is 0 Å². The minimum absolute atomic E-state index is 0.0144. The summed E-state index contributed by atoms with van der Waals surface area (Å²) in [6.45, 7) is 14.7. The molecular weight excluding hydrogens is 378 g/mol. The van der Waals surface area contributed by atoms with Crippen LogP contribution in [0.25, 0.3) is 5.69 Å². The van der Waals surface area contributed by atoms with Crippen molar-refractivity contribution in [3.05, 3.63) is 47.3 Å². The molecule has 1 amide bonds. The van der Waals surface area contributed by atoms with E-state index in [0.717, 1.165) is 24.2 Å². The summed E-state index contributed by atoms with van der Waals surface area (Å²) in [5.74, 6) is 0.0150. The summed E-state index contributed by atoms with van der Waals surface area (Å²) in [4.78, 5) is 24.7. The van der Waals surface area contributed by atoms with Crippen LogP contribution < -0.4 is 5.32 Å². The molecule has 0 saturated carbocycles. The zero-order valence-corrected chi connectivity index (χ0v) is 19.3. The maximum absolute atomic E-state index is 12.6. The number of esters is 1. The van der Waals surface area contributed by atoms with Crippen molar-refractivity contribution in [3.8, 4) is 5.69 Å². The van der Waals surface area contributed by atoms with Gasteiger partial charge in [0.1, 0.15) is 0 Å². The third kappa shape index (κ3) is 6.18. The second-order valence-electron chi connectivity index (χ2n) is 9.19. The van der Waals surface area contributed by atoms with E-state index in [2.05, 4.69) is 45.0 Å². The lowest BCUT2D eigenvalue weighted by molar-refractivity contribution is 0.0518. The third-order valence-electron chi connectivity index (χ3n) is 5.27. The first-order valence-corrected chi connectivity index (χ1v) is 10.7. The van der Waals surface area contributed by atoms with Crippen molar-refractivity contribution in [2.75, 3.05) is 6.61 Å². The predicted molar refractivity (Wildman–Crippen MR) is 119 cm³/mol. The Kier molecular flexibility index (Phi) is 7.82. The Balaban J connectivity index is 2.27. The molecule has 6 heteroatoms. The number of nitrogens with one attached hydrogen (secondary N) is 1. The summed E-state index contributed by atoms with van der Waals surface area (Å²) in [5.41, 5.74) is 2.64. The fraction of sp³-hybridized carbons (Fsp3) is 0.542. The number of hydrogen-bond donors (Lipinski definition) is 1. The highest BCUT2D eigenvalue weighted by Crippen LogP contribution is 2.20. The standard InChI is InChI=1S/C24H35N3O3/c1-8-30-23(29)21-15-20(12-9-16(2)3)27(26-21)19-13-10-18(11-14-19)22(28)25-17(4)24(5,6)7/h10-11,13-17H,8-9,12H2,1-7H3,(H,25,28)/t17-/m0/s1. The van der Waals surface area contributed by atoms with Crippen LogP contribution in [-0.4, -0.2) is 34.3 Å². The summed E-state index contributed by atoms with van der Waals surface area (Å²) in [6.07, 6.45) is 1.79. The monoisotopic (exact) mass is 413 g/mol. The van der Waals surface area contributed by atoms with Crippen LogP contribution in [0.5, 0.6) is 0 Å². The average molecular weight is 414 g/mol. The zero-order chi connectivity index (χ0) is 22.5. The summed E-state index contributed by atoms with van der Waals surface area (Å²) in [6, 6.07) is 9.14. The number of nitrogens with zero attached hydrogens (tertiary/aromatic N) is 2. The number of ether oxygens (including phenoxy) is 1. The van der Waals surface area contributed by atoms with Crippen molar-refractivity contribution in [1.82, 2.24) is 15.1 Å². The first-order valence-electron chi connectivity index (χ1n) is 10.7. The Morgan fingerprint density at radius 1 is 1.13 bits per heavy atom. The summed E-state index contributed by atoms with van der Waals surface area (Å²) < 4.78 is 6.88. The van der Waals surface area contributed by atoms with E-state index < -0.39 is 5.97 Å². The van der Waals surface area contributed by atoms with Gasteiger partial charge in [0.25, 0.3) is 5.91 Å². The number of benzene rings is 1. The fourth-order valence-corrected chi connectivity index (χ4v) is 2.81. The Bertz CT molecular complexity index is 861. The molecule has 0 bridgehead atoms. The number of hydrogen-bond acceptors (Lipinski definition) is 4. The van der Waals surface area contributed by atoms with E-state index in [1.54, 1.807) is 29.8 Å². The predicted octanol–water partition coefficient (Wildman–Crippen LogP) is 4.80. The lowest BCUT2D eigenvalue weighted by Gasteiger charge is -2.28. The molecular formula is C24H35N3O3. The molecule has 0 radical (unpaired) electrons. The van der Waals surface area contributed by atoms with Gasteiger partial charge in [0.2, 0.25) is 0 Å². The molecule has 0 spiro atoms. The van der Waals surface area contributed by atoms with E-state index in [1.165, 1.54) is 0 Å². The van der Waals surface area contributed by atoms with Crippen LogP contribution in [0.2, 0.25) is 0 Å². The molecule has 0 saturated heterocycles. The first-order chi connectivity index (χ1) is 14.0.